The molecule has 2 aromatic carbocycles. The lowest BCUT2D eigenvalue weighted by molar-refractivity contribution is -0.137. The van der Waals surface area contributed by atoms with Gasteiger partial charge in [-0.15, -0.1) is 0 Å². The van der Waals surface area contributed by atoms with Crippen LogP contribution in [0.25, 0.3) is 0 Å². The molecule has 0 aliphatic heterocycles. The summed E-state index contributed by atoms with van der Waals surface area (Å²) < 4.78 is 49.3. The van der Waals surface area contributed by atoms with E-state index in [0.717, 1.165) is 18.2 Å². The molecule has 2 aromatic rings. The number of ether oxygens (including phenoxy) is 2. The van der Waals surface area contributed by atoms with Crippen LogP contribution in [0.1, 0.15) is 29.3 Å². The van der Waals surface area contributed by atoms with Gasteiger partial charge >= 0.3 is 6.18 Å². The van der Waals surface area contributed by atoms with Crippen LogP contribution < -0.4 is 20.1 Å². The highest BCUT2D eigenvalue weighted by Gasteiger charge is 2.31. The van der Waals surface area contributed by atoms with Crippen LogP contribution in [0.4, 0.5) is 18.9 Å². The zero-order chi connectivity index (χ0) is 21.4. The first kappa shape index (κ1) is 22.1. The maximum absolute atomic E-state index is 13.0. The normalized spacial score (nSPS) is 10.9. The molecule has 0 aromatic heterocycles. The second-order valence-electron chi connectivity index (χ2n) is 6.02. The summed E-state index contributed by atoms with van der Waals surface area (Å²) in [6.07, 6.45) is -3.92. The van der Waals surface area contributed by atoms with Crippen molar-refractivity contribution in [1.29, 1.82) is 0 Å². The molecule has 9 heteroatoms. The van der Waals surface area contributed by atoms with Crippen molar-refractivity contribution in [2.45, 2.75) is 19.5 Å². The molecule has 2 N–H and O–H groups in total. The quantitative estimate of drug-likeness (QED) is 0.693. The number of nitrogens with one attached hydrogen (secondary N) is 2. The Morgan fingerprint density at radius 3 is 2.34 bits per heavy atom. The molecule has 0 heterocycles. The number of hydrogen-bond acceptors (Lipinski definition) is 4. The van der Waals surface area contributed by atoms with E-state index in [4.69, 9.17) is 9.47 Å². The Morgan fingerprint density at radius 1 is 1.07 bits per heavy atom. The largest absolute Gasteiger partial charge is 0.497 e. The van der Waals surface area contributed by atoms with Crippen molar-refractivity contribution in [1.82, 2.24) is 5.32 Å². The molecular formula is C20H21F3N2O4. The molecular weight excluding hydrogens is 389 g/mol. The fourth-order valence-corrected chi connectivity index (χ4v) is 2.34. The number of hydrogen-bond donors (Lipinski definition) is 2. The van der Waals surface area contributed by atoms with Gasteiger partial charge in [0.25, 0.3) is 5.91 Å². The molecule has 0 unspecified atom stereocenters. The molecule has 0 aliphatic carbocycles. The Balaban J connectivity index is 2.04. The number of anilines is 1. The summed E-state index contributed by atoms with van der Waals surface area (Å²) in [6.45, 7) is 1.70. The number of rotatable bonds is 8. The van der Waals surface area contributed by atoms with Crippen molar-refractivity contribution in [3.8, 4) is 11.5 Å². The zero-order valence-electron chi connectivity index (χ0n) is 15.9. The molecule has 29 heavy (non-hydrogen) atoms. The van der Waals surface area contributed by atoms with Gasteiger partial charge in [-0.25, -0.2) is 0 Å². The van der Waals surface area contributed by atoms with E-state index in [9.17, 15) is 22.8 Å². The van der Waals surface area contributed by atoms with Gasteiger partial charge in [0.2, 0.25) is 5.91 Å². The Bertz CT molecular complexity index is 852. The minimum Gasteiger partial charge on any atom is -0.497 e. The van der Waals surface area contributed by atoms with Crippen LogP contribution in [0.3, 0.4) is 0 Å². The molecule has 0 spiro atoms. The van der Waals surface area contributed by atoms with Gasteiger partial charge in [-0.1, -0.05) is 6.92 Å². The van der Waals surface area contributed by atoms with Crippen LogP contribution >= 0.6 is 0 Å². The molecule has 0 atom stereocenters. The third-order valence-corrected chi connectivity index (χ3v) is 3.80. The molecule has 0 aliphatic rings. The lowest BCUT2D eigenvalue weighted by atomic mass is 10.1. The minimum absolute atomic E-state index is 0.114. The molecule has 2 rings (SSSR count). The number of amides is 2. The summed E-state index contributed by atoms with van der Waals surface area (Å²) in [6, 6.07) is 9.07. The number of benzene rings is 2. The highest BCUT2D eigenvalue weighted by atomic mass is 19.4. The Hall–Kier alpha value is -3.23. The van der Waals surface area contributed by atoms with E-state index in [1.165, 1.54) is 19.2 Å². The van der Waals surface area contributed by atoms with Crippen molar-refractivity contribution < 1.29 is 32.2 Å². The number of carbonyl (C=O) groups is 2. The van der Waals surface area contributed by atoms with Crippen LogP contribution in [0.5, 0.6) is 11.5 Å². The molecule has 2 amide bonds. The van der Waals surface area contributed by atoms with Gasteiger partial charge in [-0.3, -0.25) is 9.59 Å². The van der Waals surface area contributed by atoms with E-state index in [1.807, 2.05) is 6.92 Å². The van der Waals surface area contributed by atoms with Crippen LogP contribution in [0.15, 0.2) is 42.5 Å². The predicted molar refractivity (Wildman–Crippen MR) is 101 cm³/mol. The average Bonchev–Trinajstić information content (AvgIpc) is 2.70. The summed E-state index contributed by atoms with van der Waals surface area (Å²) in [5.74, 6) is -0.500. The molecule has 0 bridgehead atoms. The lowest BCUT2D eigenvalue weighted by Gasteiger charge is -2.15. The summed E-state index contributed by atoms with van der Waals surface area (Å²) in [7, 11) is 1.49. The first-order valence-electron chi connectivity index (χ1n) is 8.80. The Morgan fingerprint density at radius 2 is 1.76 bits per heavy atom. The molecule has 156 valence electrons. The van der Waals surface area contributed by atoms with Gasteiger partial charge < -0.3 is 20.1 Å². The number of alkyl halides is 3. The van der Waals surface area contributed by atoms with Gasteiger partial charge in [-0.2, -0.15) is 13.2 Å². The van der Waals surface area contributed by atoms with E-state index < -0.39 is 30.1 Å². The van der Waals surface area contributed by atoms with Gasteiger partial charge in [0.1, 0.15) is 11.5 Å². The summed E-state index contributed by atoms with van der Waals surface area (Å²) in [4.78, 5) is 24.2. The van der Waals surface area contributed by atoms with Crippen molar-refractivity contribution in [2.24, 2.45) is 0 Å². The van der Waals surface area contributed by atoms with Crippen LogP contribution in [-0.4, -0.2) is 32.1 Å². The molecule has 0 fully saturated rings. The van der Waals surface area contributed by atoms with E-state index in [2.05, 4.69) is 10.6 Å². The molecule has 0 saturated carbocycles. The van der Waals surface area contributed by atoms with Crippen LogP contribution in [0.2, 0.25) is 0 Å². The first-order chi connectivity index (χ1) is 13.7. The average molecular weight is 410 g/mol. The fraction of sp³-hybridized carbons (Fsp3) is 0.300. The molecule has 0 radical (unpaired) electrons. The Kier molecular flexibility index (Phi) is 7.46. The number of halogens is 3. The van der Waals surface area contributed by atoms with Crippen LogP contribution in [0, 0.1) is 0 Å². The SMILES string of the molecule is CCCOc1ccc(C(F)(F)F)cc1NC(=O)CNC(=O)c1ccc(OC)cc1. The van der Waals surface area contributed by atoms with Gasteiger partial charge in [-0.05, 0) is 48.9 Å². The van der Waals surface area contributed by atoms with Crippen molar-refractivity contribution >= 4 is 17.5 Å². The van der Waals surface area contributed by atoms with E-state index in [0.29, 0.717) is 17.7 Å². The van der Waals surface area contributed by atoms with Gasteiger partial charge in [0.15, 0.2) is 0 Å². The first-order valence-corrected chi connectivity index (χ1v) is 8.80. The van der Waals surface area contributed by atoms with Crippen molar-refractivity contribution in [3.05, 3.63) is 53.6 Å². The zero-order valence-corrected chi connectivity index (χ0v) is 15.9. The van der Waals surface area contributed by atoms with Crippen molar-refractivity contribution in [2.75, 3.05) is 25.6 Å². The predicted octanol–water partition coefficient (Wildman–Crippen LogP) is 3.87. The third-order valence-electron chi connectivity index (χ3n) is 3.80. The third kappa shape index (κ3) is 6.41. The highest BCUT2D eigenvalue weighted by molar-refractivity contribution is 5.99. The monoisotopic (exact) mass is 410 g/mol. The van der Waals surface area contributed by atoms with Gasteiger partial charge in [0.05, 0.1) is 31.5 Å². The maximum atomic E-state index is 13.0. The second-order valence-corrected chi connectivity index (χ2v) is 6.02. The molecule has 6 nitrogen and oxygen atoms in total. The van der Waals surface area contributed by atoms with E-state index in [1.54, 1.807) is 12.1 Å². The summed E-state index contributed by atoms with van der Waals surface area (Å²) >= 11 is 0. The second kappa shape index (κ2) is 9.81. The smallest absolute Gasteiger partial charge is 0.416 e. The highest BCUT2D eigenvalue weighted by Crippen LogP contribution is 2.35. The maximum Gasteiger partial charge on any atom is 0.416 e. The van der Waals surface area contributed by atoms with E-state index in [-0.39, 0.29) is 18.0 Å². The van der Waals surface area contributed by atoms with Crippen LogP contribution in [-0.2, 0) is 11.0 Å². The lowest BCUT2D eigenvalue weighted by Crippen LogP contribution is -2.33. The topological polar surface area (TPSA) is 76.7 Å². The van der Waals surface area contributed by atoms with Gasteiger partial charge in [0, 0.05) is 5.56 Å². The summed E-state index contributed by atoms with van der Waals surface area (Å²) in [5.41, 5.74) is -0.722. The summed E-state index contributed by atoms with van der Waals surface area (Å²) in [5, 5.41) is 4.77. The minimum atomic E-state index is -4.56. The molecule has 0 saturated heterocycles. The standard InChI is InChI=1S/C20H21F3N2O4/c1-3-10-29-17-9-6-14(20(21,22)23)11-16(17)25-18(26)12-24-19(27)13-4-7-15(28-2)8-5-13/h4-9,11H,3,10,12H2,1-2H3,(H,24,27)(H,25,26). The number of carbonyl (C=O) groups excluding carboxylic acids is 2. The van der Waals surface area contributed by atoms with E-state index >= 15 is 0 Å². The Labute approximate surface area is 166 Å². The van der Waals surface area contributed by atoms with Crippen molar-refractivity contribution in [3.63, 3.8) is 0 Å². The number of methoxy groups -OCH3 is 1. The fourth-order valence-electron chi connectivity index (χ4n) is 2.34.